The van der Waals surface area contributed by atoms with Gasteiger partial charge in [0.15, 0.2) is 0 Å². The summed E-state index contributed by atoms with van der Waals surface area (Å²) in [6.45, 7) is 0. The van der Waals surface area contributed by atoms with Gasteiger partial charge in [0.2, 0.25) is 0 Å². The van der Waals surface area contributed by atoms with Gasteiger partial charge in [-0.15, -0.1) is 0 Å². The smallest absolute Gasteiger partial charge is 0.0149 e. The molecule has 0 amide bonds. The summed E-state index contributed by atoms with van der Waals surface area (Å²) in [5.74, 6) is 0. The third kappa shape index (κ3) is 401. The Balaban J connectivity index is -0.0000000233. The van der Waals surface area contributed by atoms with E-state index in [1.807, 2.05) is 0 Å². The first-order valence-corrected chi connectivity index (χ1v) is 2.30. The molecule has 0 radical (unpaired) electrons. The van der Waals surface area contributed by atoms with Crippen LogP contribution >= 0.6 is 0 Å². The summed E-state index contributed by atoms with van der Waals surface area (Å²) in [6, 6.07) is 0. The fourth-order valence-corrected chi connectivity index (χ4v) is 0. The molecule has 0 spiro atoms. The average Bonchev–Trinajstić information content (AvgIpc) is 1.33. The van der Waals surface area contributed by atoms with Gasteiger partial charge in [0.05, 0.1) is 0 Å². The van der Waals surface area contributed by atoms with Crippen molar-refractivity contribution in [1.82, 2.24) is 0 Å². The van der Waals surface area contributed by atoms with Crippen LogP contribution < -0.4 is 10.2 Å². The molecule has 0 rings (SSSR count). The maximum atomic E-state index is 8.50. The summed E-state index contributed by atoms with van der Waals surface area (Å²) >= 11 is -2.00. The van der Waals surface area contributed by atoms with Gasteiger partial charge in [0.1, 0.15) is 0 Å². The average molecular weight is 212 g/mol. The van der Waals surface area contributed by atoms with E-state index < -0.39 is 25.2 Å². The monoisotopic (exact) mass is 212 g/mol. The van der Waals surface area contributed by atoms with Crippen LogP contribution in [0.5, 0.6) is 0 Å². The van der Waals surface area contributed by atoms with E-state index in [0.29, 0.717) is 0 Å². The summed E-state index contributed by atoms with van der Waals surface area (Å²) in [6.07, 6.45) is -2.33. The molecular weight excluding hydrogens is 208 g/mol. The van der Waals surface area contributed by atoms with Crippen molar-refractivity contribution in [2.24, 2.45) is 0 Å². The van der Waals surface area contributed by atoms with Crippen molar-refractivity contribution in [2.75, 3.05) is 0 Å². The third-order valence-electron chi connectivity index (χ3n) is 0. The van der Waals surface area contributed by atoms with E-state index in [0.717, 1.165) is 0 Å². The van der Waals surface area contributed by atoms with Gasteiger partial charge in [-0.2, -0.15) is 0 Å². The van der Waals surface area contributed by atoms with E-state index in [2.05, 4.69) is 0 Å². The predicted octanol–water partition coefficient (Wildman–Crippen LogP) is -4.52. The second-order valence-electron chi connectivity index (χ2n) is 0.333. The van der Waals surface area contributed by atoms with Crippen LogP contribution in [0.1, 0.15) is 0 Å². The Bertz CT molecular complexity index is 85.0. The zero-order valence-electron chi connectivity index (χ0n) is 3.75. The summed E-state index contributed by atoms with van der Waals surface area (Å²) < 4.78 is 17.0. The van der Waals surface area contributed by atoms with Crippen LogP contribution in [0.15, 0.2) is 0 Å². The number of carboxylic acid groups (broad SMARTS) is 2. The zero-order valence-corrected chi connectivity index (χ0v) is 7.52. The molecule has 0 aromatic rings. The molecule has 0 aliphatic rings. The molecule has 0 bridgehead atoms. The molecule has 0 heterocycles. The molecule has 0 aliphatic heterocycles. The normalized spacial score (nSPS) is 3.56. The van der Waals surface area contributed by atoms with Crippen LogP contribution in [0.4, 0.5) is 4.79 Å². The Kier molecular flexibility index (Phi) is 57.4. The van der Waals surface area contributed by atoms with E-state index in [9.17, 15) is 0 Å². The van der Waals surface area contributed by atoms with Gasteiger partial charge in [0.25, 0.3) is 0 Å². The first-order chi connectivity index (χ1) is 3.15. The topological polar surface area (TPSA) is 97.3 Å². The van der Waals surface area contributed by atoms with E-state index in [-0.39, 0.29) is 48.7 Å². The summed E-state index contributed by atoms with van der Waals surface area (Å²) in [4.78, 5) is 8.33. The summed E-state index contributed by atoms with van der Waals surface area (Å²) in [5.41, 5.74) is 0. The minimum atomic E-state index is -2.33. The molecule has 9 heavy (non-hydrogen) atoms. The van der Waals surface area contributed by atoms with Crippen molar-refractivity contribution in [3.8, 4) is 0 Å². The van der Waals surface area contributed by atoms with Crippen molar-refractivity contribution in [2.45, 2.75) is 0 Å². The van der Waals surface area contributed by atoms with Crippen LogP contribution in [0.3, 0.4) is 0 Å². The molecule has 0 fully saturated rings. The number of carbonyl (C=O) groups excluding carboxylic acids is 1. The second-order valence-corrected chi connectivity index (χ2v) is 0.594. The molecule has 0 unspecified atom stereocenters. The van der Waals surface area contributed by atoms with Gasteiger partial charge >= 0.3 is 63.5 Å². The minimum Gasteiger partial charge on any atom is -0.0149 e. The molecule has 8 heteroatoms. The molecular formula is CH4CaO5SiTi. The van der Waals surface area contributed by atoms with Crippen LogP contribution in [0.2, 0.25) is 0 Å². The first kappa shape index (κ1) is 22.5. The Hall–Kier alpha value is 1.06. The fourth-order valence-electron chi connectivity index (χ4n) is 0. The van der Waals surface area contributed by atoms with Crippen LogP contribution in [0.25, 0.3) is 0 Å². The van der Waals surface area contributed by atoms with Crippen molar-refractivity contribution in [3.05, 3.63) is 0 Å². The Morgan fingerprint density at radius 1 is 1.22 bits per heavy atom. The predicted molar refractivity (Wildman–Crippen MR) is 23.9 cm³/mol. The molecule has 0 N–H and O–H groups in total. The van der Waals surface area contributed by atoms with Gasteiger partial charge in [0, 0.05) is 0 Å². The van der Waals surface area contributed by atoms with E-state index in [4.69, 9.17) is 21.7 Å². The summed E-state index contributed by atoms with van der Waals surface area (Å²) in [7, 11) is 0. The fraction of sp³-hybridized carbons (Fsp3) is 0. The standard InChI is InChI=1S/CH2O3.Ca.2O.H4Si.Ti/c2-1(3)4;;;;;/h(H2,2,3,4);;;;1H4;/q;+2;;;;/p-2. The second kappa shape index (κ2) is 23.0. The number of hydrogen-bond donors (Lipinski definition) is 0. The van der Waals surface area contributed by atoms with Crippen molar-refractivity contribution in [3.63, 3.8) is 0 Å². The van der Waals surface area contributed by atoms with Crippen LogP contribution in [-0.2, 0) is 25.7 Å². The summed E-state index contributed by atoms with van der Waals surface area (Å²) in [5, 5.41) is 16.7. The van der Waals surface area contributed by atoms with Gasteiger partial charge in [-0.05, 0) is 17.1 Å². The largest absolute Gasteiger partial charge is 0.0149 e. The SMILES string of the molecule is O=C([O-])[O-].[Ca+2].[O]=[Ti]=[O].[SiH4]. The maximum Gasteiger partial charge on any atom is -0.0149 e. The number of rotatable bonds is 0. The van der Waals surface area contributed by atoms with E-state index >= 15 is 0 Å². The first-order valence-electron chi connectivity index (χ1n) is 1.02. The Morgan fingerprint density at radius 3 is 1.22 bits per heavy atom. The molecule has 0 aromatic heterocycles. The van der Waals surface area contributed by atoms with Gasteiger partial charge < -0.3 is 15.0 Å². The van der Waals surface area contributed by atoms with Gasteiger partial charge in [-0.25, -0.2) is 0 Å². The third-order valence-corrected chi connectivity index (χ3v) is 0. The van der Waals surface area contributed by atoms with Crippen molar-refractivity contribution >= 4 is 54.9 Å². The number of hydrogen-bond acceptors (Lipinski definition) is 5. The molecule has 0 aliphatic carbocycles. The molecule has 0 aromatic carbocycles. The quantitative estimate of drug-likeness (QED) is 0.377. The van der Waals surface area contributed by atoms with Crippen molar-refractivity contribution < 1.29 is 40.7 Å². The van der Waals surface area contributed by atoms with E-state index in [1.54, 1.807) is 0 Å². The van der Waals surface area contributed by atoms with E-state index in [1.165, 1.54) is 0 Å². The zero-order chi connectivity index (χ0) is 6.28. The molecule has 0 saturated heterocycles. The van der Waals surface area contributed by atoms with Crippen LogP contribution in [0, 0.1) is 0 Å². The Morgan fingerprint density at radius 2 is 1.22 bits per heavy atom. The maximum absolute atomic E-state index is 8.50. The molecule has 0 saturated carbocycles. The van der Waals surface area contributed by atoms with Crippen molar-refractivity contribution in [1.29, 1.82) is 0 Å². The van der Waals surface area contributed by atoms with Crippen LogP contribution in [-0.4, -0.2) is 54.9 Å². The minimum absolute atomic E-state index is 0. The molecule has 5 nitrogen and oxygen atoms in total. The number of carbonyl (C=O) groups is 1. The Labute approximate surface area is 94.4 Å². The van der Waals surface area contributed by atoms with Gasteiger partial charge in [-0.1, -0.05) is 0 Å². The van der Waals surface area contributed by atoms with Gasteiger partial charge in [-0.3, -0.25) is 0 Å². The molecule has 48 valence electrons. The molecule has 0 atom stereocenters.